The predicted molar refractivity (Wildman–Crippen MR) is 116 cm³/mol. The second-order valence-electron chi connectivity index (χ2n) is 8.61. The highest BCUT2D eigenvalue weighted by Gasteiger charge is 2.39. The summed E-state index contributed by atoms with van der Waals surface area (Å²) in [5.74, 6) is 1.47. The van der Waals surface area contributed by atoms with Crippen molar-refractivity contribution in [3.05, 3.63) is 24.3 Å². The molecule has 3 heterocycles. The van der Waals surface area contributed by atoms with E-state index in [1.165, 1.54) is 17.6 Å². The number of nitrogens with zero attached hydrogens (tertiary/aromatic N) is 5. The smallest absolute Gasteiger partial charge is 0.211 e. The van der Waals surface area contributed by atoms with E-state index in [0.717, 1.165) is 64.1 Å². The van der Waals surface area contributed by atoms with Crippen LogP contribution in [0.2, 0.25) is 0 Å². The van der Waals surface area contributed by atoms with Crippen molar-refractivity contribution >= 4 is 21.4 Å². The topological polar surface area (TPSA) is 70.9 Å². The summed E-state index contributed by atoms with van der Waals surface area (Å²) in [6, 6.07) is 11.0. The zero-order valence-corrected chi connectivity index (χ0v) is 18.0. The zero-order valence-electron chi connectivity index (χ0n) is 17.2. The minimum atomic E-state index is -3.09. The van der Waals surface area contributed by atoms with E-state index in [1.807, 2.05) is 0 Å². The van der Waals surface area contributed by atoms with E-state index >= 15 is 0 Å². The van der Waals surface area contributed by atoms with Crippen LogP contribution in [0.15, 0.2) is 24.3 Å². The molecule has 3 fully saturated rings. The number of hydrogen-bond acceptors (Lipinski definition) is 6. The lowest BCUT2D eigenvalue weighted by Gasteiger charge is -2.35. The van der Waals surface area contributed by atoms with Crippen LogP contribution < -0.4 is 9.80 Å². The molecule has 8 heteroatoms. The van der Waals surface area contributed by atoms with Crippen LogP contribution in [0.5, 0.6) is 0 Å². The average Bonchev–Trinajstić information content (AvgIpc) is 3.27. The van der Waals surface area contributed by atoms with Gasteiger partial charge in [0.25, 0.3) is 0 Å². The molecule has 0 bridgehead atoms. The van der Waals surface area contributed by atoms with E-state index < -0.39 is 10.0 Å². The van der Waals surface area contributed by atoms with Gasteiger partial charge in [-0.05, 0) is 49.1 Å². The fraction of sp³-hybridized carbons (Fsp3) is 0.667. The maximum Gasteiger partial charge on any atom is 0.211 e. The molecule has 0 aromatic heterocycles. The van der Waals surface area contributed by atoms with E-state index in [1.54, 1.807) is 4.31 Å². The summed E-state index contributed by atoms with van der Waals surface area (Å²) in [5.41, 5.74) is 2.46. The van der Waals surface area contributed by atoms with Gasteiger partial charge in [0.1, 0.15) is 0 Å². The summed E-state index contributed by atoms with van der Waals surface area (Å²) in [4.78, 5) is 7.31. The summed E-state index contributed by atoms with van der Waals surface area (Å²) in [6.45, 7) is 8.20. The Morgan fingerprint density at radius 3 is 2.00 bits per heavy atom. The maximum absolute atomic E-state index is 11.7. The van der Waals surface area contributed by atoms with Gasteiger partial charge < -0.3 is 14.7 Å². The Bertz CT molecular complexity index is 829. The van der Waals surface area contributed by atoms with Crippen LogP contribution >= 0.6 is 0 Å². The van der Waals surface area contributed by atoms with Crippen molar-refractivity contribution in [2.24, 2.45) is 11.8 Å². The van der Waals surface area contributed by atoms with Gasteiger partial charge in [-0.1, -0.05) is 0 Å². The number of likely N-dealkylation sites (tertiary alicyclic amines) is 1. The van der Waals surface area contributed by atoms with Crippen molar-refractivity contribution in [3.63, 3.8) is 0 Å². The Morgan fingerprint density at radius 1 is 0.931 bits per heavy atom. The number of benzene rings is 1. The van der Waals surface area contributed by atoms with Gasteiger partial charge in [0.2, 0.25) is 10.0 Å². The molecule has 158 valence electrons. The highest BCUT2D eigenvalue weighted by Crippen LogP contribution is 2.34. The number of unbranched alkanes of at least 4 members (excludes halogenated alkanes) is 1. The zero-order chi connectivity index (χ0) is 20.4. The fourth-order valence-corrected chi connectivity index (χ4v) is 5.84. The van der Waals surface area contributed by atoms with Crippen molar-refractivity contribution in [1.29, 1.82) is 5.26 Å². The van der Waals surface area contributed by atoms with Gasteiger partial charge in [0.05, 0.1) is 12.3 Å². The van der Waals surface area contributed by atoms with E-state index in [9.17, 15) is 8.42 Å². The molecule has 1 aromatic rings. The largest absolute Gasteiger partial charge is 0.371 e. The summed E-state index contributed by atoms with van der Waals surface area (Å²) in [7, 11) is -3.09. The van der Waals surface area contributed by atoms with Gasteiger partial charge in [-0.15, -0.1) is 0 Å². The second kappa shape index (κ2) is 8.50. The number of nitriles is 1. The molecular formula is C21H31N5O2S. The van der Waals surface area contributed by atoms with Crippen molar-refractivity contribution in [1.82, 2.24) is 9.21 Å². The third-order valence-electron chi connectivity index (χ3n) is 6.61. The normalized spacial score (nSPS) is 25.9. The first-order valence-electron chi connectivity index (χ1n) is 10.6. The summed E-state index contributed by atoms with van der Waals surface area (Å²) in [5, 5.41) is 8.70. The van der Waals surface area contributed by atoms with Gasteiger partial charge >= 0.3 is 0 Å². The predicted octanol–water partition coefficient (Wildman–Crippen LogP) is 1.44. The minimum Gasteiger partial charge on any atom is -0.371 e. The quantitative estimate of drug-likeness (QED) is 0.653. The molecule has 3 aliphatic heterocycles. The van der Waals surface area contributed by atoms with Crippen molar-refractivity contribution in [2.45, 2.75) is 12.8 Å². The second-order valence-corrected chi connectivity index (χ2v) is 10.6. The highest BCUT2D eigenvalue weighted by molar-refractivity contribution is 7.88. The van der Waals surface area contributed by atoms with E-state index in [4.69, 9.17) is 5.26 Å². The third kappa shape index (κ3) is 4.68. The minimum absolute atomic E-state index is 0.556. The summed E-state index contributed by atoms with van der Waals surface area (Å²) < 4.78 is 24.9. The Labute approximate surface area is 174 Å². The molecule has 1 aromatic carbocycles. The van der Waals surface area contributed by atoms with E-state index in [-0.39, 0.29) is 0 Å². The molecule has 0 spiro atoms. The van der Waals surface area contributed by atoms with E-state index in [2.05, 4.69) is 45.0 Å². The first kappa shape index (κ1) is 20.5. The van der Waals surface area contributed by atoms with Crippen LogP contribution in [-0.4, -0.2) is 82.8 Å². The average molecular weight is 418 g/mol. The molecule has 29 heavy (non-hydrogen) atoms. The number of hydrogen-bond donors (Lipinski definition) is 0. The molecule has 0 radical (unpaired) electrons. The number of piperazine rings is 1. The molecule has 3 saturated heterocycles. The van der Waals surface area contributed by atoms with Gasteiger partial charge in [-0.3, -0.25) is 0 Å². The Hall–Kier alpha value is -1.82. The molecule has 2 atom stereocenters. The van der Waals surface area contributed by atoms with Crippen molar-refractivity contribution < 1.29 is 8.42 Å². The highest BCUT2D eigenvalue weighted by atomic mass is 32.2. The molecule has 7 nitrogen and oxygen atoms in total. The van der Waals surface area contributed by atoms with Gasteiger partial charge in [-0.25, -0.2) is 8.42 Å². The third-order valence-corrected chi connectivity index (χ3v) is 7.92. The maximum atomic E-state index is 11.7. The molecule has 0 saturated carbocycles. The molecule has 0 unspecified atom stereocenters. The van der Waals surface area contributed by atoms with Crippen LogP contribution in [0.1, 0.15) is 12.8 Å². The first-order valence-corrected chi connectivity index (χ1v) is 12.4. The van der Waals surface area contributed by atoms with Crippen LogP contribution in [-0.2, 0) is 10.0 Å². The Morgan fingerprint density at radius 2 is 1.48 bits per heavy atom. The molecular weight excluding hydrogens is 386 g/mol. The Kier molecular flexibility index (Phi) is 6.00. The van der Waals surface area contributed by atoms with Gasteiger partial charge in [0, 0.05) is 70.2 Å². The van der Waals surface area contributed by atoms with Crippen LogP contribution in [0.4, 0.5) is 11.4 Å². The molecule has 0 N–H and O–H groups in total. The molecule has 0 aliphatic carbocycles. The summed E-state index contributed by atoms with van der Waals surface area (Å²) >= 11 is 0. The Balaban J connectivity index is 1.29. The van der Waals surface area contributed by atoms with Crippen LogP contribution in [0, 0.1) is 23.2 Å². The number of anilines is 2. The summed E-state index contributed by atoms with van der Waals surface area (Å²) in [6.07, 6.45) is 2.93. The fourth-order valence-electron chi connectivity index (χ4n) is 5.02. The molecule has 4 rings (SSSR count). The lowest BCUT2D eigenvalue weighted by atomic mass is 10.0. The van der Waals surface area contributed by atoms with Crippen molar-refractivity contribution in [3.8, 4) is 6.07 Å². The molecule has 0 amide bonds. The monoisotopic (exact) mass is 417 g/mol. The molecule has 3 aliphatic rings. The number of rotatable bonds is 6. The first-order chi connectivity index (χ1) is 13.9. The van der Waals surface area contributed by atoms with Crippen LogP contribution in [0.25, 0.3) is 0 Å². The standard InChI is InChI=1S/C21H31N5O2S/c1-29(27,28)26-12-10-24(11-13-26)20-4-6-21(7-5-20)25-16-18-14-23(9-3-2-8-22)15-19(18)17-25/h4-7,18-19H,2-3,9-17H2,1H3/t18-,19+. The van der Waals surface area contributed by atoms with Gasteiger partial charge in [0.15, 0.2) is 0 Å². The lowest BCUT2D eigenvalue weighted by Crippen LogP contribution is -2.48. The number of fused-ring (bicyclic) bond motifs is 1. The van der Waals surface area contributed by atoms with Gasteiger partial charge in [-0.2, -0.15) is 9.57 Å². The number of sulfonamides is 1. The van der Waals surface area contributed by atoms with Crippen molar-refractivity contribution in [2.75, 3.05) is 75.0 Å². The van der Waals surface area contributed by atoms with Crippen LogP contribution in [0.3, 0.4) is 0 Å². The lowest BCUT2D eigenvalue weighted by molar-refractivity contribution is 0.313. The van der Waals surface area contributed by atoms with E-state index in [0.29, 0.717) is 19.5 Å². The SMILES string of the molecule is CS(=O)(=O)N1CCN(c2ccc(N3C[C@H]4CN(CCCC#N)C[C@H]4C3)cc2)CC1.